The first kappa shape index (κ1) is 12.9. The highest BCUT2D eigenvalue weighted by Gasteiger charge is 2.13. The molecule has 0 unspecified atom stereocenters. The highest BCUT2D eigenvalue weighted by molar-refractivity contribution is 6.21. The summed E-state index contributed by atoms with van der Waals surface area (Å²) < 4.78 is 0. The van der Waals surface area contributed by atoms with E-state index in [-0.39, 0.29) is 0 Å². The van der Waals surface area contributed by atoms with Crippen LogP contribution < -0.4 is 0 Å². The molecule has 0 bridgehead atoms. The van der Waals surface area contributed by atoms with Crippen molar-refractivity contribution in [2.75, 3.05) is 0 Å². The van der Waals surface area contributed by atoms with E-state index in [1.165, 1.54) is 0 Å². The van der Waals surface area contributed by atoms with Crippen LogP contribution in [0.5, 0.6) is 0 Å². The van der Waals surface area contributed by atoms with Gasteiger partial charge in [-0.1, -0.05) is 0 Å². The van der Waals surface area contributed by atoms with Gasteiger partial charge >= 0.3 is 0 Å². The molecule has 5 rings (SSSR count). The number of nitrogens with zero attached hydrogens (tertiary/aromatic N) is 5. The van der Waals surface area contributed by atoms with E-state index in [1.807, 2.05) is 30.3 Å². The van der Waals surface area contributed by atoms with E-state index in [9.17, 15) is 0 Å². The topological polar surface area (TPSA) is 75.3 Å². The van der Waals surface area contributed by atoms with Gasteiger partial charge in [0.2, 0.25) is 0 Å². The molecule has 0 aliphatic rings. The smallest absolute Gasteiger partial charge is 0.0996 e. The second-order valence-corrected chi connectivity index (χ2v) is 5.54. The average Bonchev–Trinajstić information content (AvgIpc) is 2.66. The summed E-state index contributed by atoms with van der Waals surface area (Å²) in [5.74, 6) is 0. The molecule has 5 heteroatoms. The molecule has 2 aromatic carbocycles. The van der Waals surface area contributed by atoms with Gasteiger partial charge in [-0.15, -0.1) is 0 Å². The Morgan fingerprint density at radius 1 is 0.708 bits per heavy atom. The van der Waals surface area contributed by atoms with Gasteiger partial charge in [-0.25, -0.2) is 9.97 Å². The molecule has 5 nitrogen and oxygen atoms in total. The molecular weight excluding hydrogens is 298 g/mol. The van der Waals surface area contributed by atoms with Crippen LogP contribution in [0.25, 0.3) is 43.9 Å². The molecule has 0 spiro atoms. The normalized spacial score (nSPS) is 11.3. The largest absolute Gasteiger partial charge is 0.254 e. The lowest BCUT2D eigenvalue weighted by Crippen LogP contribution is -1.94. The summed E-state index contributed by atoms with van der Waals surface area (Å²) in [7, 11) is 0. The minimum absolute atomic E-state index is 0.570. The molecule has 0 N–H and O–H groups in total. The van der Waals surface area contributed by atoms with E-state index in [1.54, 1.807) is 24.5 Å². The van der Waals surface area contributed by atoms with E-state index >= 15 is 0 Å². The minimum atomic E-state index is 0.570. The van der Waals surface area contributed by atoms with E-state index in [0.29, 0.717) is 11.1 Å². The van der Waals surface area contributed by atoms with E-state index in [0.717, 1.165) is 38.4 Å². The summed E-state index contributed by atoms with van der Waals surface area (Å²) in [6.07, 6.45) is 3.51. The summed E-state index contributed by atoms with van der Waals surface area (Å²) in [5, 5.41) is 10.9. The summed E-state index contributed by atoms with van der Waals surface area (Å²) in [6, 6.07) is 15.2. The monoisotopic (exact) mass is 307 g/mol. The summed E-state index contributed by atoms with van der Waals surface area (Å²) in [5.41, 5.74) is 5.25. The van der Waals surface area contributed by atoms with Crippen molar-refractivity contribution in [3.8, 4) is 6.07 Å². The van der Waals surface area contributed by atoms with Gasteiger partial charge in [-0.05, 0) is 42.5 Å². The molecule has 3 heterocycles. The molecule has 24 heavy (non-hydrogen) atoms. The number of nitriles is 1. The Morgan fingerprint density at radius 2 is 1.33 bits per heavy atom. The molecule has 110 valence electrons. The number of benzene rings is 2. The van der Waals surface area contributed by atoms with E-state index in [2.05, 4.69) is 16.0 Å². The maximum absolute atomic E-state index is 9.11. The van der Waals surface area contributed by atoms with Gasteiger partial charge in [-0.2, -0.15) is 5.26 Å². The number of hydrogen-bond acceptors (Lipinski definition) is 5. The van der Waals surface area contributed by atoms with Gasteiger partial charge in [0.1, 0.15) is 0 Å². The Bertz CT molecular complexity index is 1320. The van der Waals surface area contributed by atoms with Crippen molar-refractivity contribution in [3.05, 3.63) is 60.4 Å². The van der Waals surface area contributed by atoms with Crippen molar-refractivity contribution < 1.29 is 0 Å². The van der Waals surface area contributed by atoms with Crippen LogP contribution in [0.3, 0.4) is 0 Å². The van der Waals surface area contributed by atoms with Crippen LogP contribution in [0.4, 0.5) is 0 Å². The Balaban J connectivity index is 2.10. The molecule has 0 saturated carbocycles. The quantitative estimate of drug-likeness (QED) is 0.322. The van der Waals surface area contributed by atoms with E-state index < -0.39 is 0 Å². The summed E-state index contributed by atoms with van der Waals surface area (Å²) >= 11 is 0. The Labute approximate surface area is 136 Å². The Kier molecular flexibility index (Phi) is 2.50. The molecule has 0 saturated heterocycles. The Hall–Kier alpha value is -3.65. The SMILES string of the molecule is N#Cc1ccc2nc3c4cccnc4c4ncccc4c3nc2c1. The predicted octanol–water partition coefficient (Wildman–Crippen LogP) is 3.75. The Morgan fingerprint density at radius 3 is 1.96 bits per heavy atom. The molecule has 0 amide bonds. The lowest BCUT2D eigenvalue weighted by molar-refractivity contribution is 1.36. The standard InChI is InChI=1S/C19H9N5/c20-10-11-5-6-14-15(9-11)24-19-13-4-2-8-22-17(13)16-12(18(19)23-14)3-1-7-21-16/h1-9H. The lowest BCUT2D eigenvalue weighted by atomic mass is 10.1. The van der Waals surface area contributed by atoms with Crippen molar-refractivity contribution in [3.63, 3.8) is 0 Å². The fourth-order valence-corrected chi connectivity index (χ4v) is 3.07. The summed E-state index contributed by atoms with van der Waals surface area (Å²) in [4.78, 5) is 18.6. The molecule has 0 aliphatic carbocycles. The van der Waals surface area contributed by atoms with Gasteiger partial charge in [0.15, 0.2) is 0 Å². The van der Waals surface area contributed by atoms with Crippen molar-refractivity contribution in [1.29, 1.82) is 5.26 Å². The zero-order chi connectivity index (χ0) is 16.1. The first-order valence-electron chi connectivity index (χ1n) is 7.48. The maximum Gasteiger partial charge on any atom is 0.0996 e. The number of pyridine rings is 2. The first-order valence-corrected chi connectivity index (χ1v) is 7.48. The zero-order valence-corrected chi connectivity index (χ0v) is 12.4. The number of rotatable bonds is 0. The molecule has 0 radical (unpaired) electrons. The molecule has 3 aromatic heterocycles. The highest BCUT2D eigenvalue weighted by atomic mass is 14.8. The van der Waals surface area contributed by atoms with Crippen molar-refractivity contribution >= 4 is 43.9 Å². The van der Waals surface area contributed by atoms with Crippen LogP contribution >= 0.6 is 0 Å². The van der Waals surface area contributed by atoms with Gasteiger partial charge < -0.3 is 0 Å². The summed E-state index contributed by atoms with van der Waals surface area (Å²) in [6.45, 7) is 0. The van der Waals surface area contributed by atoms with Crippen LogP contribution in [0.15, 0.2) is 54.9 Å². The number of hydrogen-bond donors (Lipinski definition) is 0. The van der Waals surface area contributed by atoms with Crippen LogP contribution in [0, 0.1) is 11.3 Å². The van der Waals surface area contributed by atoms with Gasteiger partial charge in [0.05, 0.1) is 44.7 Å². The maximum atomic E-state index is 9.11. The molecular formula is C19H9N5. The highest BCUT2D eigenvalue weighted by Crippen LogP contribution is 2.31. The second kappa shape index (κ2) is 4.67. The third kappa shape index (κ3) is 1.68. The minimum Gasteiger partial charge on any atom is -0.254 e. The van der Waals surface area contributed by atoms with Gasteiger partial charge in [0.25, 0.3) is 0 Å². The number of fused-ring (bicyclic) bond motifs is 7. The molecule has 0 atom stereocenters. The van der Waals surface area contributed by atoms with Crippen LogP contribution in [0.1, 0.15) is 5.56 Å². The van der Waals surface area contributed by atoms with Crippen molar-refractivity contribution in [2.45, 2.75) is 0 Å². The van der Waals surface area contributed by atoms with Gasteiger partial charge in [0, 0.05) is 23.2 Å². The van der Waals surface area contributed by atoms with E-state index in [4.69, 9.17) is 15.2 Å². The third-order valence-electron chi connectivity index (χ3n) is 4.14. The fourth-order valence-electron chi connectivity index (χ4n) is 3.07. The van der Waals surface area contributed by atoms with Crippen molar-refractivity contribution in [1.82, 2.24) is 19.9 Å². The number of aromatic nitrogens is 4. The first-order chi connectivity index (χ1) is 11.8. The van der Waals surface area contributed by atoms with Gasteiger partial charge in [-0.3, -0.25) is 9.97 Å². The average molecular weight is 307 g/mol. The van der Waals surface area contributed by atoms with Crippen LogP contribution in [-0.4, -0.2) is 19.9 Å². The van der Waals surface area contributed by atoms with Crippen LogP contribution in [0.2, 0.25) is 0 Å². The zero-order valence-electron chi connectivity index (χ0n) is 12.4. The van der Waals surface area contributed by atoms with Crippen LogP contribution in [-0.2, 0) is 0 Å². The third-order valence-corrected chi connectivity index (χ3v) is 4.14. The molecule has 5 aromatic rings. The van der Waals surface area contributed by atoms with Crippen molar-refractivity contribution in [2.24, 2.45) is 0 Å². The lowest BCUT2D eigenvalue weighted by Gasteiger charge is -2.08. The fraction of sp³-hybridized carbons (Fsp3) is 0. The second-order valence-electron chi connectivity index (χ2n) is 5.54. The molecule has 0 fully saturated rings. The molecule has 0 aliphatic heterocycles. The predicted molar refractivity (Wildman–Crippen MR) is 92.4 cm³/mol.